The first-order valence-electron chi connectivity index (χ1n) is 16.0. The van der Waals surface area contributed by atoms with E-state index in [1.807, 2.05) is 10.9 Å². The summed E-state index contributed by atoms with van der Waals surface area (Å²) in [6, 6.07) is 6.43. The van der Waals surface area contributed by atoms with E-state index in [9.17, 15) is 19.4 Å². The number of hydrogen-bond donors (Lipinski definition) is 2. The van der Waals surface area contributed by atoms with Crippen LogP contribution in [0.5, 0.6) is 0 Å². The maximum absolute atomic E-state index is 13.9. The third-order valence-electron chi connectivity index (χ3n) is 12.4. The Kier molecular flexibility index (Phi) is 6.81. The van der Waals surface area contributed by atoms with Gasteiger partial charge < -0.3 is 15.1 Å². The van der Waals surface area contributed by atoms with Crippen molar-refractivity contribution < 1.29 is 19.4 Å². The van der Waals surface area contributed by atoms with Gasteiger partial charge in [-0.2, -0.15) is 5.10 Å². The number of fused-ring (bicyclic) bond motifs is 6. The fraction of sp³-hybridized carbons (Fsp3) is 0.647. The van der Waals surface area contributed by atoms with E-state index in [2.05, 4.69) is 41.7 Å². The van der Waals surface area contributed by atoms with Crippen LogP contribution in [0.15, 0.2) is 36.0 Å². The summed E-state index contributed by atoms with van der Waals surface area (Å²) in [5.41, 5.74) is 2.15. The fourth-order valence-electron chi connectivity index (χ4n) is 10.0. The number of carbonyl (C=O) groups excluding carboxylic acids is 1. The molecule has 2 N–H and O–H groups in total. The summed E-state index contributed by atoms with van der Waals surface area (Å²) in [4.78, 5) is 18.5. The van der Waals surface area contributed by atoms with E-state index in [4.69, 9.17) is 0 Å². The number of nitrogens with zero attached hydrogens (tertiary/aromatic N) is 4. The normalized spacial score (nSPS) is 38.3. The van der Waals surface area contributed by atoms with Gasteiger partial charge >= 0.3 is 0 Å². The van der Waals surface area contributed by atoms with Gasteiger partial charge in [-0.1, -0.05) is 26.3 Å². The number of hydrogen-bond acceptors (Lipinski definition) is 6. The molecule has 0 amide bonds. The molecule has 3 unspecified atom stereocenters. The summed E-state index contributed by atoms with van der Waals surface area (Å²) in [7, 11) is 0. The highest BCUT2D eigenvalue weighted by molar-refractivity contribution is 5.90. The molecule has 2 aromatic rings. The van der Waals surface area contributed by atoms with Crippen LogP contribution in [0, 0.1) is 34.4 Å². The number of piperazine rings is 1. The Labute approximate surface area is 248 Å². The van der Waals surface area contributed by atoms with Crippen LogP contribution in [0.2, 0.25) is 0 Å². The number of rotatable bonds is 5. The monoisotopic (exact) mass is 576 g/mol. The maximum Gasteiger partial charge on any atom is 0.178 e. The van der Waals surface area contributed by atoms with Crippen molar-refractivity contribution in [1.82, 2.24) is 19.6 Å². The van der Waals surface area contributed by atoms with Crippen molar-refractivity contribution in [2.24, 2.45) is 28.6 Å². The fourth-order valence-corrected chi connectivity index (χ4v) is 10.0. The van der Waals surface area contributed by atoms with E-state index >= 15 is 0 Å². The van der Waals surface area contributed by atoms with Crippen LogP contribution >= 0.6 is 0 Å². The number of aliphatic hydroxyl groups is 2. The minimum absolute atomic E-state index is 0.0544. The summed E-state index contributed by atoms with van der Waals surface area (Å²) >= 11 is 0. The molecule has 2 heterocycles. The van der Waals surface area contributed by atoms with Crippen LogP contribution in [-0.4, -0.2) is 86.6 Å². The van der Waals surface area contributed by atoms with Gasteiger partial charge in [0, 0.05) is 31.6 Å². The van der Waals surface area contributed by atoms with Gasteiger partial charge in [-0.15, -0.1) is 0 Å². The number of halogens is 1. The van der Waals surface area contributed by atoms with Gasteiger partial charge in [0.1, 0.15) is 11.4 Å². The Morgan fingerprint density at radius 1 is 1.10 bits per heavy atom. The van der Waals surface area contributed by atoms with Crippen molar-refractivity contribution in [3.8, 4) is 5.69 Å². The number of Topliss-reactive ketones (excluding diaryl/α,β-unsaturated/α-hetero) is 1. The van der Waals surface area contributed by atoms with Crippen molar-refractivity contribution >= 4 is 11.9 Å². The molecular formula is C34H45FN4O3. The second-order valence-electron chi connectivity index (χ2n) is 14.3. The summed E-state index contributed by atoms with van der Waals surface area (Å²) in [6.07, 6.45) is 8.05. The third-order valence-corrected chi connectivity index (χ3v) is 12.4. The highest BCUT2D eigenvalue weighted by atomic mass is 19.1. The molecule has 0 bridgehead atoms. The lowest BCUT2D eigenvalue weighted by Gasteiger charge is -2.60. The number of aliphatic hydroxyl groups excluding tert-OH is 1. The molecule has 3 saturated carbocycles. The number of ketones is 1. The van der Waals surface area contributed by atoms with E-state index in [-0.39, 0.29) is 34.8 Å². The van der Waals surface area contributed by atoms with E-state index in [0.717, 1.165) is 75.4 Å². The van der Waals surface area contributed by atoms with E-state index < -0.39 is 17.1 Å². The Hall–Kier alpha value is -2.39. The Morgan fingerprint density at radius 3 is 2.52 bits per heavy atom. The zero-order chi connectivity index (χ0) is 29.4. The highest BCUT2D eigenvalue weighted by Gasteiger charge is 2.68. The van der Waals surface area contributed by atoms with E-state index in [1.54, 1.807) is 12.1 Å². The molecular weight excluding hydrogens is 531 g/mol. The van der Waals surface area contributed by atoms with E-state index in [0.29, 0.717) is 19.4 Å². The average Bonchev–Trinajstić information content (AvgIpc) is 3.49. The molecule has 7 rings (SSSR count). The second kappa shape index (κ2) is 10.1. The van der Waals surface area contributed by atoms with Crippen molar-refractivity contribution in [3.05, 3.63) is 53.1 Å². The average molecular weight is 577 g/mol. The number of allylic oxidation sites excluding steroid dienone is 1. The summed E-state index contributed by atoms with van der Waals surface area (Å²) < 4.78 is 15.5. The second-order valence-corrected chi connectivity index (χ2v) is 14.3. The molecule has 7 atom stereocenters. The molecule has 226 valence electrons. The summed E-state index contributed by atoms with van der Waals surface area (Å²) in [6.45, 7) is 11.5. The van der Waals surface area contributed by atoms with Crippen molar-refractivity contribution in [3.63, 3.8) is 0 Å². The van der Waals surface area contributed by atoms with Gasteiger partial charge in [-0.3, -0.25) is 9.69 Å². The molecule has 4 fully saturated rings. The molecule has 5 aliphatic rings. The van der Waals surface area contributed by atoms with Gasteiger partial charge in [-0.05, 0) is 104 Å². The Bertz CT molecular complexity index is 1400. The molecule has 4 aliphatic carbocycles. The van der Waals surface area contributed by atoms with Crippen LogP contribution in [0.4, 0.5) is 4.39 Å². The lowest BCUT2D eigenvalue weighted by Crippen LogP contribution is -2.63. The minimum atomic E-state index is -1.39. The van der Waals surface area contributed by atoms with Crippen LogP contribution in [0.25, 0.3) is 11.8 Å². The first kappa shape index (κ1) is 28.4. The highest BCUT2D eigenvalue weighted by Crippen LogP contribution is 2.67. The lowest BCUT2D eigenvalue weighted by atomic mass is 9.45. The van der Waals surface area contributed by atoms with Gasteiger partial charge in [0.05, 0.1) is 30.2 Å². The predicted molar refractivity (Wildman–Crippen MR) is 159 cm³/mol. The topological polar surface area (TPSA) is 81.8 Å². The van der Waals surface area contributed by atoms with Crippen molar-refractivity contribution in [2.45, 2.75) is 71.0 Å². The van der Waals surface area contributed by atoms with Gasteiger partial charge in [0.2, 0.25) is 0 Å². The van der Waals surface area contributed by atoms with E-state index in [1.165, 1.54) is 17.7 Å². The molecule has 7 nitrogen and oxygen atoms in total. The molecule has 1 aromatic carbocycles. The van der Waals surface area contributed by atoms with Crippen LogP contribution in [0.3, 0.4) is 0 Å². The molecule has 42 heavy (non-hydrogen) atoms. The smallest absolute Gasteiger partial charge is 0.178 e. The quantitative estimate of drug-likeness (QED) is 0.558. The first-order valence-corrected chi connectivity index (χ1v) is 16.0. The van der Waals surface area contributed by atoms with Crippen molar-refractivity contribution in [2.75, 3.05) is 39.3 Å². The number of aromatic nitrogens is 2. The zero-order valence-corrected chi connectivity index (χ0v) is 25.2. The lowest BCUT2D eigenvalue weighted by molar-refractivity contribution is -0.180. The van der Waals surface area contributed by atoms with Gasteiger partial charge in [0.15, 0.2) is 5.78 Å². The molecule has 8 heteroatoms. The molecule has 0 radical (unpaired) electrons. The number of carbonyl (C=O) groups is 1. The van der Waals surface area contributed by atoms with Crippen LogP contribution in [0.1, 0.15) is 64.1 Å². The molecule has 1 aromatic heterocycles. The minimum Gasteiger partial charge on any atom is -0.393 e. The Balaban J connectivity index is 1.14. The molecule has 0 spiro atoms. The van der Waals surface area contributed by atoms with Gasteiger partial charge in [0.25, 0.3) is 0 Å². The number of benzene rings is 1. The predicted octanol–water partition coefficient (Wildman–Crippen LogP) is 4.10. The SMILES string of the molecule is CCN1CCN(CC(=O)[C@@]2(O)CCC3C4CCC5=Cc6c(cnn6-c6ccc(F)cc6)C[C@]5(C)C4[C@@H](O)C[C@@]32C)CC1. The standard InChI is InChI=1S/C34H45FN4O3/c1-4-37-13-15-38(16-14-37)21-30(41)34(42)12-11-27-26-10-5-23-17-28-22(20-36-39(28)25-8-6-24(35)7-9-25)18-32(23,2)31(26)29(40)19-33(27,34)3/h6-9,17,20,26-27,29,31,40,42H,4-5,10-16,18-19,21H2,1-3H3/t26?,27?,29-,31?,32-,33-,34-/m0/s1. The van der Waals surface area contributed by atoms with Crippen molar-refractivity contribution in [1.29, 1.82) is 0 Å². The number of likely N-dealkylation sites (N-methyl/N-ethyl adjacent to an activating group) is 1. The molecule has 1 saturated heterocycles. The van der Waals surface area contributed by atoms with Crippen LogP contribution < -0.4 is 0 Å². The van der Waals surface area contributed by atoms with Crippen LogP contribution in [-0.2, 0) is 11.2 Å². The summed E-state index contributed by atoms with van der Waals surface area (Å²) in [5, 5.41) is 28.8. The zero-order valence-electron chi connectivity index (χ0n) is 25.2. The van der Waals surface area contributed by atoms with Gasteiger partial charge in [-0.25, -0.2) is 9.07 Å². The third kappa shape index (κ3) is 4.12. The largest absolute Gasteiger partial charge is 0.393 e. The summed E-state index contributed by atoms with van der Waals surface area (Å²) in [5.74, 6) is 0.208. The Morgan fingerprint density at radius 2 is 1.81 bits per heavy atom. The first-order chi connectivity index (χ1) is 20.1. The maximum atomic E-state index is 13.9. The molecule has 1 aliphatic heterocycles.